The van der Waals surface area contributed by atoms with E-state index in [0.29, 0.717) is 30.1 Å². The topological polar surface area (TPSA) is 79.3 Å². The number of carbonyl (C=O) groups excluding carboxylic acids is 1. The van der Waals surface area contributed by atoms with E-state index in [1.807, 2.05) is 0 Å². The molecule has 1 aliphatic carbocycles. The van der Waals surface area contributed by atoms with Crippen molar-refractivity contribution in [3.63, 3.8) is 0 Å². The van der Waals surface area contributed by atoms with Crippen molar-refractivity contribution in [1.29, 1.82) is 0 Å². The van der Waals surface area contributed by atoms with Crippen LogP contribution in [0.5, 0.6) is 0 Å². The zero-order valence-electron chi connectivity index (χ0n) is 9.60. The molecule has 0 aromatic carbocycles. The molecule has 0 aliphatic heterocycles. The van der Waals surface area contributed by atoms with Crippen molar-refractivity contribution >= 4 is 29.2 Å². The third kappa shape index (κ3) is 2.98. The number of anilines is 1. The zero-order chi connectivity index (χ0) is 13.1. The lowest BCUT2D eigenvalue weighted by Crippen LogP contribution is -2.21. The standard InChI is InChI=1S/C12H13ClN2O3/c13-10-6-9(3-4-14-10)15-11(16)7-1-2-8(5-7)12(17)18/h3-4,6-8H,1-2,5H2,(H,17,18)(H,14,15,16). The molecule has 1 heterocycles. The average molecular weight is 269 g/mol. The van der Waals surface area contributed by atoms with Crippen LogP contribution in [0.25, 0.3) is 0 Å². The SMILES string of the molecule is O=C(O)C1CCC(C(=O)Nc2ccnc(Cl)c2)C1. The van der Waals surface area contributed by atoms with Crippen molar-refractivity contribution in [2.24, 2.45) is 11.8 Å². The van der Waals surface area contributed by atoms with Gasteiger partial charge in [0.2, 0.25) is 5.91 Å². The van der Waals surface area contributed by atoms with E-state index in [4.69, 9.17) is 16.7 Å². The maximum Gasteiger partial charge on any atom is 0.306 e. The van der Waals surface area contributed by atoms with E-state index >= 15 is 0 Å². The van der Waals surface area contributed by atoms with Crippen molar-refractivity contribution in [2.45, 2.75) is 19.3 Å². The Hall–Kier alpha value is -1.62. The molecule has 1 fully saturated rings. The van der Waals surface area contributed by atoms with Crippen LogP contribution in [0.2, 0.25) is 5.15 Å². The van der Waals surface area contributed by atoms with Gasteiger partial charge in [-0.05, 0) is 31.4 Å². The number of amides is 1. The predicted octanol–water partition coefficient (Wildman–Crippen LogP) is 2.17. The van der Waals surface area contributed by atoms with Gasteiger partial charge in [-0.25, -0.2) is 4.98 Å². The molecule has 1 amide bonds. The molecule has 96 valence electrons. The molecule has 6 heteroatoms. The molecule has 18 heavy (non-hydrogen) atoms. The Morgan fingerprint density at radius 3 is 2.72 bits per heavy atom. The highest BCUT2D eigenvalue weighted by Gasteiger charge is 2.33. The fourth-order valence-corrected chi connectivity index (χ4v) is 2.34. The normalized spacial score (nSPS) is 22.7. The second-order valence-electron chi connectivity index (χ2n) is 4.40. The Labute approximate surface area is 109 Å². The van der Waals surface area contributed by atoms with Crippen molar-refractivity contribution in [3.8, 4) is 0 Å². The van der Waals surface area contributed by atoms with Crippen molar-refractivity contribution in [1.82, 2.24) is 4.98 Å². The number of aromatic nitrogens is 1. The number of nitrogens with one attached hydrogen (secondary N) is 1. The molecular weight excluding hydrogens is 256 g/mol. The van der Waals surface area contributed by atoms with Crippen LogP contribution in [-0.2, 0) is 9.59 Å². The number of hydrogen-bond acceptors (Lipinski definition) is 3. The molecule has 2 atom stereocenters. The average Bonchev–Trinajstić information content (AvgIpc) is 2.78. The lowest BCUT2D eigenvalue weighted by Gasteiger charge is -2.10. The number of carbonyl (C=O) groups is 2. The van der Waals surface area contributed by atoms with Crippen LogP contribution in [-0.4, -0.2) is 22.0 Å². The number of nitrogens with zero attached hydrogens (tertiary/aromatic N) is 1. The minimum atomic E-state index is -0.822. The minimum Gasteiger partial charge on any atom is -0.481 e. The summed E-state index contributed by atoms with van der Waals surface area (Å²) >= 11 is 5.71. The molecule has 0 saturated heterocycles. The van der Waals surface area contributed by atoms with Crippen LogP contribution in [0.4, 0.5) is 5.69 Å². The van der Waals surface area contributed by atoms with Gasteiger partial charge in [-0.15, -0.1) is 0 Å². The Balaban J connectivity index is 1.95. The number of pyridine rings is 1. The summed E-state index contributed by atoms with van der Waals surface area (Å²) in [5.74, 6) is -1.61. The van der Waals surface area contributed by atoms with Crippen molar-refractivity contribution in [3.05, 3.63) is 23.5 Å². The Kier molecular flexibility index (Phi) is 3.81. The van der Waals surface area contributed by atoms with Gasteiger partial charge in [0.1, 0.15) is 5.15 Å². The second kappa shape index (κ2) is 5.35. The highest BCUT2D eigenvalue weighted by Crippen LogP contribution is 2.31. The molecular formula is C12H13ClN2O3. The maximum absolute atomic E-state index is 11.9. The van der Waals surface area contributed by atoms with Gasteiger partial charge in [0.15, 0.2) is 0 Å². The summed E-state index contributed by atoms with van der Waals surface area (Å²) in [6.45, 7) is 0. The summed E-state index contributed by atoms with van der Waals surface area (Å²) < 4.78 is 0. The van der Waals surface area contributed by atoms with Gasteiger partial charge < -0.3 is 10.4 Å². The van der Waals surface area contributed by atoms with E-state index in [-0.39, 0.29) is 11.8 Å². The Morgan fingerprint density at radius 1 is 1.39 bits per heavy atom. The summed E-state index contributed by atoms with van der Waals surface area (Å²) in [6, 6.07) is 3.20. The van der Waals surface area contributed by atoms with Gasteiger partial charge in [-0.1, -0.05) is 11.6 Å². The Bertz CT molecular complexity index is 478. The van der Waals surface area contributed by atoms with Gasteiger partial charge >= 0.3 is 5.97 Å². The van der Waals surface area contributed by atoms with Crippen LogP contribution in [0.3, 0.4) is 0 Å². The number of hydrogen-bond donors (Lipinski definition) is 2. The molecule has 0 spiro atoms. The minimum absolute atomic E-state index is 0.152. The van der Waals surface area contributed by atoms with Gasteiger partial charge in [0.25, 0.3) is 0 Å². The zero-order valence-corrected chi connectivity index (χ0v) is 10.4. The van der Waals surface area contributed by atoms with E-state index < -0.39 is 11.9 Å². The third-order valence-corrected chi connectivity index (χ3v) is 3.35. The lowest BCUT2D eigenvalue weighted by molar-refractivity contribution is -0.141. The second-order valence-corrected chi connectivity index (χ2v) is 4.79. The highest BCUT2D eigenvalue weighted by atomic mass is 35.5. The van der Waals surface area contributed by atoms with Crippen molar-refractivity contribution < 1.29 is 14.7 Å². The number of aliphatic carboxylic acids is 1. The largest absolute Gasteiger partial charge is 0.481 e. The maximum atomic E-state index is 11.9. The fraction of sp³-hybridized carbons (Fsp3) is 0.417. The number of halogens is 1. The van der Waals surface area contributed by atoms with Crippen LogP contribution in [0.1, 0.15) is 19.3 Å². The summed E-state index contributed by atoms with van der Waals surface area (Å²) in [7, 11) is 0. The molecule has 1 aromatic rings. The van der Waals surface area contributed by atoms with E-state index in [0.717, 1.165) is 0 Å². The highest BCUT2D eigenvalue weighted by molar-refractivity contribution is 6.29. The molecule has 5 nitrogen and oxygen atoms in total. The monoisotopic (exact) mass is 268 g/mol. The fourth-order valence-electron chi connectivity index (χ4n) is 2.17. The van der Waals surface area contributed by atoms with Gasteiger partial charge in [0, 0.05) is 17.8 Å². The smallest absolute Gasteiger partial charge is 0.306 e. The molecule has 2 rings (SSSR count). The molecule has 1 saturated carbocycles. The quantitative estimate of drug-likeness (QED) is 0.824. The van der Waals surface area contributed by atoms with E-state index in [2.05, 4.69) is 10.3 Å². The molecule has 1 aromatic heterocycles. The summed E-state index contributed by atoms with van der Waals surface area (Å²) in [4.78, 5) is 26.6. The van der Waals surface area contributed by atoms with E-state index in [1.54, 1.807) is 12.1 Å². The molecule has 2 unspecified atom stereocenters. The number of carboxylic acid groups (broad SMARTS) is 1. The van der Waals surface area contributed by atoms with Crippen LogP contribution in [0, 0.1) is 11.8 Å². The predicted molar refractivity (Wildman–Crippen MR) is 66.3 cm³/mol. The Morgan fingerprint density at radius 2 is 2.11 bits per heavy atom. The van der Waals surface area contributed by atoms with E-state index in [9.17, 15) is 9.59 Å². The first kappa shape index (κ1) is 12.8. The first-order valence-corrected chi connectivity index (χ1v) is 6.09. The first-order chi connectivity index (χ1) is 8.56. The number of carboxylic acids is 1. The van der Waals surface area contributed by atoms with Crippen molar-refractivity contribution in [2.75, 3.05) is 5.32 Å². The van der Waals surface area contributed by atoms with Crippen LogP contribution < -0.4 is 5.32 Å². The number of rotatable bonds is 3. The third-order valence-electron chi connectivity index (χ3n) is 3.15. The summed E-state index contributed by atoms with van der Waals surface area (Å²) in [6.07, 6.45) is 3.08. The molecule has 0 radical (unpaired) electrons. The van der Waals surface area contributed by atoms with E-state index in [1.165, 1.54) is 6.20 Å². The molecule has 1 aliphatic rings. The van der Waals surface area contributed by atoms with Gasteiger partial charge in [-0.2, -0.15) is 0 Å². The molecule has 0 bridgehead atoms. The van der Waals surface area contributed by atoms with Gasteiger partial charge in [-0.3, -0.25) is 9.59 Å². The van der Waals surface area contributed by atoms with Crippen LogP contribution >= 0.6 is 11.6 Å². The molecule has 2 N–H and O–H groups in total. The summed E-state index contributed by atoms with van der Waals surface area (Å²) in [5, 5.41) is 11.9. The van der Waals surface area contributed by atoms with Crippen LogP contribution in [0.15, 0.2) is 18.3 Å². The first-order valence-electron chi connectivity index (χ1n) is 5.71. The lowest BCUT2D eigenvalue weighted by atomic mass is 10.0. The summed E-state index contributed by atoms with van der Waals surface area (Å²) in [5.41, 5.74) is 0.582. The van der Waals surface area contributed by atoms with Gasteiger partial charge in [0.05, 0.1) is 5.92 Å².